The summed E-state index contributed by atoms with van der Waals surface area (Å²) in [6.07, 6.45) is 0.346. The quantitative estimate of drug-likeness (QED) is 0.130. The number of carbonyl (C=O) groups excluding carboxylic acids is 6. The van der Waals surface area contributed by atoms with E-state index in [1.165, 1.54) is 7.05 Å². The first-order chi connectivity index (χ1) is 21.1. The average Bonchev–Trinajstić information content (AvgIpc) is 2.95. The Labute approximate surface area is 273 Å². The van der Waals surface area contributed by atoms with Gasteiger partial charge >= 0.3 is 23.9 Å². The van der Waals surface area contributed by atoms with Gasteiger partial charge in [0.05, 0.1) is 19.5 Å². The van der Waals surface area contributed by atoms with Gasteiger partial charge in [-0.1, -0.05) is 0 Å². The number of nitrogens with zero attached hydrogens (tertiary/aromatic N) is 4. The van der Waals surface area contributed by atoms with Crippen molar-refractivity contribution < 1.29 is 47.8 Å². The van der Waals surface area contributed by atoms with Gasteiger partial charge in [-0.3, -0.25) is 33.9 Å². The fraction of sp³-hybridized carbons (Fsp3) is 0.812. The van der Waals surface area contributed by atoms with Crippen molar-refractivity contribution in [3.8, 4) is 0 Å². The van der Waals surface area contributed by atoms with Crippen molar-refractivity contribution in [2.24, 2.45) is 0 Å². The van der Waals surface area contributed by atoms with E-state index < -0.39 is 52.6 Å². The lowest BCUT2D eigenvalue weighted by Crippen LogP contribution is -2.49. The summed E-state index contributed by atoms with van der Waals surface area (Å²) in [5, 5.41) is 0.789. The van der Waals surface area contributed by atoms with E-state index in [-0.39, 0.29) is 38.8 Å². The van der Waals surface area contributed by atoms with Gasteiger partial charge in [0.15, 0.2) is 0 Å². The fourth-order valence-electron chi connectivity index (χ4n) is 4.56. The summed E-state index contributed by atoms with van der Waals surface area (Å²) in [6, 6.07) is -0.868. The number of hydrogen-bond donors (Lipinski definition) is 0. The predicted octanol–water partition coefficient (Wildman–Crippen LogP) is 1.98. The third-order valence-corrected chi connectivity index (χ3v) is 6.49. The van der Waals surface area contributed by atoms with Crippen molar-refractivity contribution in [2.45, 2.75) is 111 Å². The van der Waals surface area contributed by atoms with Crippen LogP contribution in [0.15, 0.2) is 0 Å². The van der Waals surface area contributed by atoms with Crippen molar-refractivity contribution >= 4 is 36.1 Å². The second-order valence-electron chi connectivity index (χ2n) is 14.4. The minimum absolute atomic E-state index is 0.00624. The maximum absolute atomic E-state index is 13.5. The molecule has 0 aromatic heterocycles. The van der Waals surface area contributed by atoms with Gasteiger partial charge in [-0.25, -0.2) is 4.79 Å². The number of carbonyl (C=O) groups is 6. The van der Waals surface area contributed by atoms with Crippen LogP contribution in [-0.2, 0) is 47.8 Å². The van der Waals surface area contributed by atoms with Gasteiger partial charge in [0.25, 0.3) is 5.91 Å². The molecule has 0 radical (unpaired) electrons. The summed E-state index contributed by atoms with van der Waals surface area (Å²) in [5.41, 5.74) is -2.11. The minimum Gasteiger partial charge on any atom is -0.459 e. The SMILES string of the molecule is CN(OC(=O)CCC(C(=O)OC(C)(C)C)N1CCN(CC(=O)OC(C)(C)C)CCN(CC(=O)OC(C)(C)C)CC1)C(=O)CCC=O. The smallest absolute Gasteiger partial charge is 0.332 e. The van der Waals surface area contributed by atoms with Crippen LogP contribution in [-0.4, -0.2) is 138 Å². The Morgan fingerprint density at radius 1 is 0.674 bits per heavy atom. The van der Waals surface area contributed by atoms with Crippen LogP contribution in [0, 0.1) is 0 Å². The summed E-state index contributed by atoms with van der Waals surface area (Å²) in [7, 11) is 1.29. The molecule has 264 valence electrons. The van der Waals surface area contributed by atoms with Gasteiger partial charge in [-0.2, -0.15) is 5.06 Å². The Bertz CT molecular complexity index is 1000. The van der Waals surface area contributed by atoms with Gasteiger partial charge < -0.3 is 23.8 Å². The van der Waals surface area contributed by atoms with Crippen LogP contribution in [0.25, 0.3) is 0 Å². The van der Waals surface area contributed by atoms with E-state index >= 15 is 0 Å². The van der Waals surface area contributed by atoms with E-state index in [2.05, 4.69) is 0 Å². The van der Waals surface area contributed by atoms with Crippen LogP contribution < -0.4 is 0 Å². The first kappa shape index (κ1) is 40.9. The molecule has 46 heavy (non-hydrogen) atoms. The second-order valence-corrected chi connectivity index (χ2v) is 14.4. The van der Waals surface area contributed by atoms with Crippen LogP contribution in [0.1, 0.15) is 88.0 Å². The van der Waals surface area contributed by atoms with E-state index in [1.807, 2.05) is 14.7 Å². The molecule has 1 aliphatic heterocycles. The molecule has 0 spiro atoms. The monoisotopic (exact) mass is 656 g/mol. The maximum atomic E-state index is 13.5. The molecule has 0 bridgehead atoms. The summed E-state index contributed by atoms with van der Waals surface area (Å²) in [4.78, 5) is 85.3. The Balaban J connectivity index is 3.23. The molecule has 1 heterocycles. The normalized spacial score (nSPS) is 16.7. The van der Waals surface area contributed by atoms with E-state index in [9.17, 15) is 28.8 Å². The number of hydrogen-bond acceptors (Lipinski definition) is 13. The Hall–Kier alpha value is -3.10. The number of rotatable bonds is 12. The molecule has 0 aliphatic carbocycles. The van der Waals surface area contributed by atoms with Crippen LogP contribution in [0.3, 0.4) is 0 Å². The van der Waals surface area contributed by atoms with E-state index in [1.54, 1.807) is 62.3 Å². The molecular weight excluding hydrogens is 600 g/mol. The van der Waals surface area contributed by atoms with E-state index in [4.69, 9.17) is 19.0 Å². The van der Waals surface area contributed by atoms with Crippen molar-refractivity contribution in [1.29, 1.82) is 0 Å². The third kappa shape index (κ3) is 18.1. The molecule has 0 aromatic rings. The highest BCUT2D eigenvalue weighted by Gasteiger charge is 2.33. The van der Waals surface area contributed by atoms with Gasteiger partial charge in [0.1, 0.15) is 29.1 Å². The zero-order valence-electron chi connectivity index (χ0n) is 29.5. The molecule has 14 nitrogen and oxygen atoms in total. The lowest BCUT2D eigenvalue weighted by molar-refractivity contribution is -0.193. The molecule has 14 heteroatoms. The standard InChI is InChI=1S/C32H56N4O10/c1-30(2,3)43-27(40)22-34-15-16-35(23-28(41)44-31(4,5)6)18-20-36(19-17-34)24(29(42)45-32(7,8)9)13-14-26(39)46-33(10)25(38)12-11-21-37/h21,24H,11-20,22-23H2,1-10H3. The topological polar surface area (TPSA) is 152 Å². The van der Waals surface area contributed by atoms with Gasteiger partial charge in [-0.05, 0) is 68.7 Å². The van der Waals surface area contributed by atoms with Crippen molar-refractivity contribution in [3.05, 3.63) is 0 Å². The molecule has 1 aliphatic rings. The molecule has 1 atom stereocenters. The first-order valence-electron chi connectivity index (χ1n) is 15.8. The van der Waals surface area contributed by atoms with Gasteiger partial charge in [-0.15, -0.1) is 0 Å². The Kier molecular flexibility index (Phi) is 16.3. The molecular formula is C32H56N4O10. The minimum atomic E-state index is -0.868. The number of ether oxygens (including phenoxy) is 3. The highest BCUT2D eigenvalue weighted by molar-refractivity contribution is 5.80. The summed E-state index contributed by atoms with van der Waals surface area (Å²) >= 11 is 0. The Morgan fingerprint density at radius 3 is 1.52 bits per heavy atom. The first-order valence-corrected chi connectivity index (χ1v) is 15.8. The molecule has 1 rings (SSSR count). The molecule has 1 unspecified atom stereocenters. The van der Waals surface area contributed by atoms with Crippen LogP contribution in [0.2, 0.25) is 0 Å². The molecule has 0 aromatic carbocycles. The average molecular weight is 657 g/mol. The lowest BCUT2D eigenvalue weighted by Gasteiger charge is -2.33. The van der Waals surface area contributed by atoms with Gasteiger partial charge in [0, 0.05) is 59.2 Å². The van der Waals surface area contributed by atoms with Crippen LogP contribution in [0.4, 0.5) is 0 Å². The summed E-state index contributed by atoms with van der Waals surface area (Å²) in [5.74, 6) is -2.57. The fourth-order valence-corrected chi connectivity index (χ4v) is 4.56. The molecule has 1 saturated heterocycles. The number of esters is 3. The van der Waals surface area contributed by atoms with E-state index in [0.29, 0.717) is 45.6 Å². The highest BCUT2D eigenvalue weighted by Crippen LogP contribution is 2.18. The molecule has 0 N–H and O–H groups in total. The highest BCUT2D eigenvalue weighted by atomic mass is 16.7. The lowest BCUT2D eigenvalue weighted by atomic mass is 10.1. The molecule has 0 saturated carbocycles. The Morgan fingerprint density at radius 2 is 1.11 bits per heavy atom. The number of hydroxylamine groups is 2. The molecule has 1 amide bonds. The number of aldehydes is 1. The predicted molar refractivity (Wildman–Crippen MR) is 169 cm³/mol. The van der Waals surface area contributed by atoms with E-state index in [0.717, 1.165) is 5.06 Å². The molecule has 1 fully saturated rings. The zero-order valence-corrected chi connectivity index (χ0v) is 29.5. The summed E-state index contributed by atoms with van der Waals surface area (Å²) in [6.45, 7) is 18.5. The third-order valence-electron chi connectivity index (χ3n) is 6.49. The van der Waals surface area contributed by atoms with Crippen LogP contribution >= 0.6 is 0 Å². The largest absolute Gasteiger partial charge is 0.459 e. The summed E-state index contributed by atoms with van der Waals surface area (Å²) < 4.78 is 16.8. The second kappa shape index (κ2) is 18.3. The zero-order chi connectivity index (χ0) is 35.3. The van der Waals surface area contributed by atoms with Crippen molar-refractivity contribution in [3.63, 3.8) is 0 Å². The van der Waals surface area contributed by atoms with Crippen molar-refractivity contribution in [2.75, 3.05) is 59.4 Å². The van der Waals surface area contributed by atoms with Gasteiger partial charge in [0.2, 0.25) is 0 Å². The number of amides is 1. The van der Waals surface area contributed by atoms with Crippen molar-refractivity contribution in [1.82, 2.24) is 19.8 Å². The van der Waals surface area contributed by atoms with Crippen LogP contribution in [0.5, 0.6) is 0 Å². The maximum Gasteiger partial charge on any atom is 0.332 e.